The molecule has 1 aromatic rings. The molecule has 1 aromatic heterocycles. The molecule has 5 heteroatoms. The third-order valence-corrected chi connectivity index (χ3v) is 4.27. The lowest BCUT2D eigenvalue weighted by Crippen LogP contribution is -2.42. The Hall–Kier alpha value is -2.04. The Balaban J connectivity index is 1.54. The van der Waals surface area contributed by atoms with Crippen LogP contribution in [0.5, 0.6) is 0 Å². The van der Waals surface area contributed by atoms with E-state index in [1.54, 1.807) is 0 Å². The number of rotatable bonds is 4. The van der Waals surface area contributed by atoms with Crippen LogP contribution in [0, 0.1) is 0 Å². The van der Waals surface area contributed by atoms with Gasteiger partial charge in [-0.25, -0.2) is 4.98 Å². The number of anilines is 1. The predicted molar refractivity (Wildman–Crippen MR) is 91.2 cm³/mol. The van der Waals surface area contributed by atoms with Crippen molar-refractivity contribution in [3.63, 3.8) is 0 Å². The first-order chi connectivity index (χ1) is 10.8. The first kappa shape index (κ1) is 14.9. The number of hydrogen-bond acceptors (Lipinski definition) is 3. The number of nitrogens with one attached hydrogen (secondary N) is 2. The summed E-state index contributed by atoms with van der Waals surface area (Å²) in [6.45, 7) is 3.02. The third-order valence-electron chi connectivity index (χ3n) is 4.27. The summed E-state index contributed by atoms with van der Waals surface area (Å²) >= 11 is 0. The van der Waals surface area contributed by atoms with Crippen molar-refractivity contribution in [3.8, 4) is 0 Å². The minimum atomic E-state index is 0.476. The highest BCUT2D eigenvalue weighted by Crippen LogP contribution is 2.18. The van der Waals surface area contributed by atoms with E-state index in [4.69, 9.17) is 0 Å². The molecule has 2 N–H and O–H groups in total. The second kappa shape index (κ2) is 7.29. The quantitative estimate of drug-likeness (QED) is 0.508. The first-order valence-corrected chi connectivity index (χ1v) is 8.17. The number of aromatic nitrogens is 1. The van der Waals surface area contributed by atoms with Crippen LogP contribution in [-0.2, 0) is 6.54 Å². The van der Waals surface area contributed by atoms with Crippen molar-refractivity contribution in [1.82, 2.24) is 15.6 Å². The summed E-state index contributed by atoms with van der Waals surface area (Å²) in [5.41, 5.74) is 1.24. The largest absolute Gasteiger partial charge is 0.357 e. The minimum absolute atomic E-state index is 0.476. The molecule has 0 radical (unpaired) electrons. The maximum Gasteiger partial charge on any atom is 0.191 e. The Morgan fingerprint density at radius 3 is 2.82 bits per heavy atom. The third kappa shape index (κ3) is 3.78. The van der Waals surface area contributed by atoms with Gasteiger partial charge < -0.3 is 15.5 Å². The fraction of sp³-hybridized carbons (Fsp3) is 0.529. The zero-order valence-corrected chi connectivity index (χ0v) is 13.3. The summed E-state index contributed by atoms with van der Waals surface area (Å²) in [7, 11) is 1.82. The Kier molecular flexibility index (Phi) is 4.93. The highest BCUT2D eigenvalue weighted by atomic mass is 15.2. The van der Waals surface area contributed by atoms with Gasteiger partial charge in [0.15, 0.2) is 5.96 Å². The van der Waals surface area contributed by atoms with E-state index in [1.807, 2.05) is 13.2 Å². The van der Waals surface area contributed by atoms with E-state index < -0.39 is 0 Å². The molecule has 0 atom stereocenters. The smallest absolute Gasteiger partial charge is 0.191 e. The summed E-state index contributed by atoms with van der Waals surface area (Å²) in [5.74, 6) is 1.97. The van der Waals surface area contributed by atoms with E-state index in [2.05, 4.69) is 49.8 Å². The van der Waals surface area contributed by atoms with Crippen LogP contribution in [-0.4, -0.2) is 37.1 Å². The number of aliphatic imine (C=N–C) groups is 1. The molecule has 0 bridgehead atoms. The van der Waals surface area contributed by atoms with Gasteiger partial charge in [0.2, 0.25) is 0 Å². The Labute approximate surface area is 132 Å². The number of pyridine rings is 1. The maximum absolute atomic E-state index is 4.50. The minimum Gasteiger partial charge on any atom is -0.357 e. The summed E-state index contributed by atoms with van der Waals surface area (Å²) in [6, 6.07) is 4.73. The van der Waals surface area contributed by atoms with Gasteiger partial charge in [-0.05, 0) is 43.4 Å². The molecule has 0 unspecified atom stereocenters. The van der Waals surface area contributed by atoms with Crippen LogP contribution in [0.25, 0.3) is 0 Å². The summed E-state index contributed by atoms with van der Waals surface area (Å²) in [5, 5.41) is 6.85. The van der Waals surface area contributed by atoms with Crippen LogP contribution in [0.15, 0.2) is 35.5 Å². The van der Waals surface area contributed by atoms with E-state index in [0.29, 0.717) is 6.04 Å². The van der Waals surface area contributed by atoms with Crippen molar-refractivity contribution in [3.05, 3.63) is 36.0 Å². The molecule has 22 heavy (non-hydrogen) atoms. The Morgan fingerprint density at radius 2 is 2.09 bits per heavy atom. The van der Waals surface area contributed by atoms with E-state index in [9.17, 15) is 0 Å². The van der Waals surface area contributed by atoms with Gasteiger partial charge in [-0.2, -0.15) is 0 Å². The van der Waals surface area contributed by atoms with Gasteiger partial charge in [-0.3, -0.25) is 4.99 Å². The maximum atomic E-state index is 4.50. The van der Waals surface area contributed by atoms with Gasteiger partial charge in [0.1, 0.15) is 5.82 Å². The molecule has 1 fully saturated rings. The number of nitrogens with zero attached hydrogens (tertiary/aromatic N) is 3. The molecule has 0 spiro atoms. The Bertz CT molecular complexity index is 538. The molecule has 2 heterocycles. The summed E-state index contributed by atoms with van der Waals surface area (Å²) < 4.78 is 0. The van der Waals surface area contributed by atoms with Crippen molar-refractivity contribution in [2.45, 2.75) is 38.3 Å². The van der Waals surface area contributed by atoms with Crippen molar-refractivity contribution in [1.29, 1.82) is 0 Å². The van der Waals surface area contributed by atoms with Crippen LogP contribution >= 0.6 is 0 Å². The average Bonchev–Trinajstić information content (AvgIpc) is 3.25. The van der Waals surface area contributed by atoms with E-state index in [-0.39, 0.29) is 0 Å². The van der Waals surface area contributed by atoms with Crippen molar-refractivity contribution in [2.75, 3.05) is 25.0 Å². The monoisotopic (exact) mass is 299 g/mol. The zero-order valence-electron chi connectivity index (χ0n) is 13.3. The normalized spacial score (nSPS) is 19.0. The molecule has 1 aliphatic heterocycles. The number of guanidine groups is 1. The molecule has 2 aliphatic rings. The molecule has 3 rings (SSSR count). The number of hydrogen-bond donors (Lipinski definition) is 2. The molecule has 0 aromatic carbocycles. The van der Waals surface area contributed by atoms with Gasteiger partial charge >= 0.3 is 0 Å². The molecule has 0 amide bonds. The van der Waals surface area contributed by atoms with Gasteiger partial charge in [-0.1, -0.05) is 12.2 Å². The van der Waals surface area contributed by atoms with Crippen LogP contribution in [0.4, 0.5) is 5.82 Å². The van der Waals surface area contributed by atoms with Gasteiger partial charge in [0, 0.05) is 38.9 Å². The van der Waals surface area contributed by atoms with Crippen LogP contribution in [0.1, 0.15) is 31.2 Å². The molecule has 1 aliphatic carbocycles. The molecule has 1 saturated heterocycles. The molecule has 5 nitrogen and oxygen atoms in total. The highest BCUT2D eigenvalue weighted by molar-refractivity contribution is 5.80. The second-order valence-corrected chi connectivity index (χ2v) is 5.93. The highest BCUT2D eigenvalue weighted by Gasteiger charge is 2.14. The van der Waals surface area contributed by atoms with E-state index in [0.717, 1.165) is 44.3 Å². The van der Waals surface area contributed by atoms with Crippen LogP contribution in [0.3, 0.4) is 0 Å². The molecular weight excluding hydrogens is 274 g/mol. The zero-order chi connectivity index (χ0) is 15.2. The van der Waals surface area contributed by atoms with Crippen LogP contribution < -0.4 is 15.5 Å². The summed E-state index contributed by atoms with van der Waals surface area (Å²) in [4.78, 5) is 11.2. The topological polar surface area (TPSA) is 52.6 Å². The summed E-state index contributed by atoms with van der Waals surface area (Å²) in [6.07, 6.45) is 11.0. The average molecular weight is 299 g/mol. The van der Waals surface area contributed by atoms with E-state index in [1.165, 1.54) is 18.4 Å². The lowest BCUT2D eigenvalue weighted by molar-refractivity contribution is 0.633. The molecule has 0 saturated carbocycles. The van der Waals surface area contributed by atoms with Crippen molar-refractivity contribution < 1.29 is 0 Å². The predicted octanol–water partition coefficient (Wildman–Crippen LogP) is 2.07. The second-order valence-electron chi connectivity index (χ2n) is 5.93. The Morgan fingerprint density at radius 1 is 1.32 bits per heavy atom. The standard InChI is InChI=1S/C17H25N5/c1-18-17(21-15-6-2-3-7-15)20-13-14-8-9-19-16(12-14)22-10-4-5-11-22/h2-3,8-9,12,15H,4-7,10-11,13H2,1H3,(H2,18,20,21). The van der Waals surface area contributed by atoms with Gasteiger partial charge in [-0.15, -0.1) is 0 Å². The van der Waals surface area contributed by atoms with Gasteiger partial charge in [0.25, 0.3) is 0 Å². The molecular formula is C17H25N5. The molecule has 118 valence electrons. The van der Waals surface area contributed by atoms with Crippen molar-refractivity contribution in [2.24, 2.45) is 4.99 Å². The lowest BCUT2D eigenvalue weighted by atomic mass is 10.2. The van der Waals surface area contributed by atoms with Gasteiger partial charge in [0.05, 0.1) is 0 Å². The van der Waals surface area contributed by atoms with E-state index >= 15 is 0 Å². The van der Waals surface area contributed by atoms with Crippen molar-refractivity contribution >= 4 is 11.8 Å². The lowest BCUT2D eigenvalue weighted by Gasteiger charge is -2.19. The van der Waals surface area contributed by atoms with Crippen LogP contribution in [0.2, 0.25) is 0 Å². The fourth-order valence-electron chi connectivity index (χ4n) is 3.00. The fourth-order valence-corrected chi connectivity index (χ4v) is 3.00. The first-order valence-electron chi connectivity index (χ1n) is 8.17. The SMILES string of the molecule is CN=C(NCc1ccnc(N2CCCC2)c1)NC1CC=CC1.